The van der Waals surface area contributed by atoms with Crippen LogP contribution in [0.1, 0.15) is 19.3 Å². The summed E-state index contributed by atoms with van der Waals surface area (Å²) in [6, 6.07) is 0. The average Bonchev–Trinajstić information content (AvgIpc) is 2.19. The quantitative estimate of drug-likeness (QED) is 0.491. The molecule has 0 atom stereocenters. The molecule has 1 saturated heterocycles. The normalized spacial score (nSPS) is 19.2. The number of hydrogen-bond donors (Lipinski definition) is 3. The van der Waals surface area contributed by atoms with Crippen molar-refractivity contribution in [2.24, 2.45) is 5.73 Å². The minimum Gasteiger partial charge on any atom is -0.329 e. The number of nitrogens with two attached hydrogens (primary N) is 1. The third-order valence-corrected chi connectivity index (χ3v) is 2.31. The van der Waals surface area contributed by atoms with Gasteiger partial charge in [0.05, 0.1) is 0 Å². The second-order valence-electron chi connectivity index (χ2n) is 3.49. The molecule has 0 aromatic heterocycles. The van der Waals surface area contributed by atoms with Crippen LogP contribution in [0.5, 0.6) is 0 Å². The van der Waals surface area contributed by atoms with Crippen LogP contribution in [0.25, 0.3) is 0 Å². The molecule has 0 aromatic rings. The van der Waals surface area contributed by atoms with Crippen LogP contribution in [-0.2, 0) is 0 Å². The van der Waals surface area contributed by atoms with E-state index in [0.29, 0.717) is 0 Å². The van der Waals surface area contributed by atoms with Gasteiger partial charge in [-0.1, -0.05) is 6.42 Å². The number of hydrazine groups is 1. The SMILES string of the molecule is NCCNCCNN1CCCCC1. The number of nitrogens with zero attached hydrogens (tertiary/aromatic N) is 1. The fourth-order valence-electron chi connectivity index (χ4n) is 1.58. The summed E-state index contributed by atoms with van der Waals surface area (Å²) < 4.78 is 0. The molecule has 0 saturated carbocycles. The van der Waals surface area contributed by atoms with E-state index >= 15 is 0 Å². The Kier molecular flexibility index (Phi) is 6.10. The molecular weight excluding hydrogens is 164 g/mol. The third-order valence-electron chi connectivity index (χ3n) is 2.31. The summed E-state index contributed by atoms with van der Waals surface area (Å²) >= 11 is 0. The molecule has 0 bridgehead atoms. The molecule has 1 aliphatic rings. The van der Waals surface area contributed by atoms with Crippen molar-refractivity contribution in [2.45, 2.75) is 19.3 Å². The minimum absolute atomic E-state index is 0.726. The molecule has 0 aromatic carbocycles. The van der Waals surface area contributed by atoms with Crippen LogP contribution in [-0.4, -0.2) is 44.3 Å². The summed E-state index contributed by atoms with van der Waals surface area (Å²) in [4.78, 5) is 0. The van der Waals surface area contributed by atoms with Crippen LogP contribution in [0.15, 0.2) is 0 Å². The third kappa shape index (κ3) is 5.21. The summed E-state index contributed by atoms with van der Waals surface area (Å²) in [7, 11) is 0. The Morgan fingerprint density at radius 2 is 1.77 bits per heavy atom. The zero-order chi connectivity index (χ0) is 9.36. The van der Waals surface area contributed by atoms with Crippen molar-refractivity contribution in [3.8, 4) is 0 Å². The first-order valence-corrected chi connectivity index (χ1v) is 5.32. The molecule has 1 aliphatic heterocycles. The second kappa shape index (κ2) is 7.26. The number of hydrogen-bond acceptors (Lipinski definition) is 4. The highest BCUT2D eigenvalue weighted by atomic mass is 15.5. The van der Waals surface area contributed by atoms with E-state index in [1.165, 1.54) is 32.4 Å². The van der Waals surface area contributed by atoms with E-state index in [0.717, 1.165) is 26.2 Å². The first-order chi connectivity index (χ1) is 6.43. The zero-order valence-corrected chi connectivity index (χ0v) is 8.39. The van der Waals surface area contributed by atoms with Gasteiger partial charge in [0.1, 0.15) is 0 Å². The van der Waals surface area contributed by atoms with Gasteiger partial charge in [-0.05, 0) is 12.8 Å². The van der Waals surface area contributed by atoms with Crippen LogP contribution in [0.4, 0.5) is 0 Å². The standard InChI is InChI=1S/C9H22N4/c10-4-5-11-6-7-12-13-8-2-1-3-9-13/h11-12H,1-10H2. The summed E-state index contributed by atoms with van der Waals surface area (Å²) in [5.74, 6) is 0. The largest absolute Gasteiger partial charge is 0.329 e. The van der Waals surface area contributed by atoms with E-state index in [1.54, 1.807) is 0 Å². The molecule has 1 fully saturated rings. The smallest absolute Gasteiger partial charge is 0.0227 e. The molecule has 0 unspecified atom stereocenters. The maximum atomic E-state index is 5.36. The van der Waals surface area contributed by atoms with Crippen molar-refractivity contribution >= 4 is 0 Å². The molecule has 0 aliphatic carbocycles. The van der Waals surface area contributed by atoms with Gasteiger partial charge in [0.25, 0.3) is 0 Å². The van der Waals surface area contributed by atoms with E-state index in [9.17, 15) is 0 Å². The van der Waals surface area contributed by atoms with Gasteiger partial charge in [-0.25, -0.2) is 5.01 Å². The Morgan fingerprint density at radius 3 is 2.46 bits per heavy atom. The van der Waals surface area contributed by atoms with Crippen molar-refractivity contribution in [3.63, 3.8) is 0 Å². The van der Waals surface area contributed by atoms with Crippen molar-refractivity contribution in [1.82, 2.24) is 15.8 Å². The first kappa shape index (κ1) is 10.9. The van der Waals surface area contributed by atoms with E-state index in [2.05, 4.69) is 15.8 Å². The molecule has 1 rings (SSSR count). The maximum Gasteiger partial charge on any atom is 0.0227 e. The number of nitrogens with one attached hydrogen (secondary N) is 2. The summed E-state index contributed by atoms with van der Waals surface area (Å²) in [5.41, 5.74) is 8.77. The zero-order valence-electron chi connectivity index (χ0n) is 8.39. The minimum atomic E-state index is 0.726. The van der Waals surface area contributed by atoms with Gasteiger partial charge in [0.2, 0.25) is 0 Å². The van der Waals surface area contributed by atoms with Crippen LogP contribution in [0.2, 0.25) is 0 Å². The van der Waals surface area contributed by atoms with Gasteiger partial charge < -0.3 is 11.1 Å². The number of piperidine rings is 1. The molecule has 4 heteroatoms. The highest BCUT2D eigenvalue weighted by molar-refractivity contribution is 4.61. The lowest BCUT2D eigenvalue weighted by molar-refractivity contribution is 0.155. The monoisotopic (exact) mass is 186 g/mol. The summed E-state index contributed by atoms with van der Waals surface area (Å²) in [5, 5.41) is 5.59. The Hall–Kier alpha value is -0.160. The molecule has 0 radical (unpaired) electrons. The fraction of sp³-hybridized carbons (Fsp3) is 1.00. The van der Waals surface area contributed by atoms with Crippen molar-refractivity contribution in [2.75, 3.05) is 39.3 Å². The van der Waals surface area contributed by atoms with E-state index < -0.39 is 0 Å². The lowest BCUT2D eigenvalue weighted by atomic mass is 10.2. The van der Waals surface area contributed by atoms with Gasteiger partial charge in [-0.2, -0.15) is 0 Å². The number of rotatable bonds is 6. The van der Waals surface area contributed by atoms with Crippen molar-refractivity contribution in [3.05, 3.63) is 0 Å². The van der Waals surface area contributed by atoms with Crippen LogP contribution in [0, 0.1) is 0 Å². The van der Waals surface area contributed by atoms with E-state index in [4.69, 9.17) is 5.73 Å². The molecule has 0 amide bonds. The molecule has 4 N–H and O–H groups in total. The Labute approximate surface area is 80.8 Å². The molecule has 4 nitrogen and oxygen atoms in total. The van der Waals surface area contributed by atoms with Gasteiger partial charge in [0.15, 0.2) is 0 Å². The Morgan fingerprint density at radius 1 is 1.00 bits per heavy atom. The summed E-state index contributed by atoms with van der Waals surface area (Å²) in [6.45, 7) is 6.08. The first-order valence-electron chi connectivity index (χ1n) is 5.32. The van der Waals surface area contributed by atoms with E-state index in [1.807, 2.05) is 0 Å². The molecule has 13 heavy (non-hydrogen) atoms. The molecule has 0 spiro atoms. The Balaban J connectivity index is 1.86. The Bertz CT molecular complexity index is 112. The second-order valence-corrected chi connectivity index (χ2v) is 3.49. The lowest BCUT2D eigenvalue weighted by Crippen LogP contribution is -2.44. The van der Waals surface area contributed by atoms with Crippen molar-refractivity contribution < 1.29 is 0 Å². The average molecular weight is 186 g/mol. The van der Waals surface area contributed by atoms with Gasteiger partial charge in [-0.15, -0.1) is 0 Å². The molecule has 1 heterocycles. The van der Waals surface area contributed by atoms with E-state index in [-0.39, 0.29) is 0 Å². The van der Waals surface area contributed by atoms with Crippen LogP contribution < -0.4 is 16.5 Å². The van der Waals surface area contributed by atoms with Crippen molar-refractivity contribution in [1.29, 1.82) is 0 Å². The lowest BCUT2D eigenvalue weighted by Gasteiger charge is -2.27. The van der Waals surface area contributed by atoms with Gasteiger partial charge in [0, 0.05) is 39.3 Å². The van der Waals surface area contributed by atoms with Crippen LogP contribution >= 0.6 is 0 Å². The van der Waals surface area contributed by atoms with Gasteiger partial charge >= 0.3 is 0 Å². The predicted molar refractivity (Wildman–Crippen MR) is 55.4 cm³/mol. The summed E-state index contributed by atoms with van der Waals surface area (Å²) in [6.07, 6.45) is 4.07. The highest BCUT2D eigenvalue weighted by Gasteiger charge is 2.07. The van der Waals surface area contributed by atoms with Crippen LogP contribution in [0.3, 0.4) is 0 Å². The molecular formula is C9H22N4. The maximum absolute atomic E-state index is 5.36. The fourth-order valence-corrected chi connectivity index (χ4v) is 1.58. The molecule has 78 valence electrons. The van der Waals surface area contributed by atoms with Gasteiger partial charge in [-0.3, -0.25) is 5.43 Å². The topological polar surface area (TPSA) is 53.3 Å². The predicted octanol–water partition coefficient (Wildman–Crippen LogP) is -0.475. The highest BCUT2D eigenvalue weighted by Crippen LogP contribution is 2.04.